The number of likely N-dealkylation sites (tertiary alicyclic amines) is 1. The van der Waals surface area contributed by atoms with Crippen LogP contribution in [0.2, 0.25) is 0 Å². The second kappa shape index (κ2) is 9.43. The number of amides is 1. The lowest BCUT2D eigenvalue weighted by Gasteiger charge is -2.30. The molecule has 7 heteroatoms. The Morgan fingerprint density at radius 3 is 2.60 bits per heavy atom. The van der Waals surface area contributed by atoms with E-state index >= 15 is 0 Å². The lowest BCUT2D eigenvalue weighted by Crippen LogP contribution is -2.40. The minimum absolute atomic E-state index is 0.00163. The Bertz CT molecular complexity index is 965. The normalized spacial score (nSPS) is 14.5. The molecule has 0 saturated carbocycles. The van der Waals surface area contributed by atoms with E-state index in [1.165, 1.54) is 0 Å². The lowest BCUT2D eigenvalue weighted by atomic mass is 9.99. The van der Waals surface area contributed by atoms with Crippen molar-refractivity contribution in [3.8, 4) is 22.9 Å². The maximum atomic E-state index is 12.5. The van der Waals surface area contributed by atoms with Gasteiger partial charge in [0, 0.05) is 13.1 Å². The molecule has 4 rings (SSSR count). The number of hydrogen-bond donors (Lipinski definition) is 0. The van der Waals surface area contributed by atoms with Gasteiger partial charge in [-0.3, -0.25) is 4.79 Å². The van der Waals surface area contributed by atoms with Gasteiger partial charge in [0.1, 0.15) is 11.5 Å². The van der Waals surface area contributed by atoms with Crippen LogP contribution in [-0.2, 0) is 11.4 Å². The van der Waals surface area contributed by atoms with Gasteiger partial charge < -0.3 is 18.9 Å². The third kappa shape index (κ3) is 4.97. The zero-order valence-corrected chi connectivity index (χ0v) is 17.0. The van der Waals surface area contributed by atoms with E-state index in [4.69, 9.17) is 14.0 Å². The summed E-state index contributed by atoms with van der Waals surface area (Å²) in [7, 11) is 0. The molecule has 2 aromatic carbocycles. The maximum absolute atomic E-state index is 12.5. The first-order valence-electron chi connectivity index (χ1n) is 10.2. The first kappa shape index (κ1) is 19.9. The van der Waals surface area contributed by atoms with Gasteiger partial charge in [0.25, 0.3) is 11.8 Å². The highest BCUT2D eigenvalue weighted by Crippen LogP contribution is 2.28. The summed E-state index contributed by atoms with van der Waals surface area (Å²) in [5, 5.41) is 4.04. The molecule has 0 aliphatic carbocycles. The van der Waals surface area contributed by atoms with E-state index in [0.29, 0.717) is 28.9 Å². The predicted octanol–water partition coefficient (Wildman–Crippen LogP) is 3.95. The summed E-state index contributed by atoms with van der Waals surface area (Å²) in [6.07, 6.45) is 2.08. The van der Waals surface area contributed by atoms with Crippen molar-refractivity contribution in [2.75, 3.05) is 19.7 Å². The minimum atomic E-state index is -0.00673. The number of carbonyl (C=O) groups excluding carboxylic acids is 1. The highest BCUT2D eigenvalue weighted by atomic mass is 16.5. The largest absolute Gasteiger partial charge is 0.484 e. The van der Waals surface area contributed by atoms with E-state index < -0.39 is 0 Å². The number of benzene rings is 2. The maximum Gasteiger partial charge on any atom is 0.264 e. The van der Waals surface area contributed by atoms with Crippen LogP contribution in [0.5, 0.6) is 11.5 Å². The van der Waals surface area contributed by atoms with Crippen LogP contribution < -0.4 is 9.47 Å². The highest BCUT2D eigenvalue weighted by Gasteiger charge is 2.21. The van der Waals surface area contributed by atoms with Crippen molar-refractivity contribution in [2.45, 2.75) is 26.4 Å². The fourth-order valence-electron chi connectivity index (χ4n) is 3.35. The molecule has 0 unspecified atom stereocenters. The molecular formula is C23H25N3O4. The average molecular weight is 407 g/mol. The van der Waals surface area contributed by atoms with Gasteiger partial charge in [-0.05, 0) is 43.0 Å². The van der Waals surface area contributed by atoms with Gasteiger partial charge in [0.05, 0.1) is 5.56 Å². The number of para-hydroxylation sites is 2. The van der Waals surface area contributed by atoms with Gasteiger partial charge >= 0.3 is 0 Å². The summed E-state index contributed by atoms with van der Waals surface area (Å²) in [5.41, 5.74) is 0.673. The summed E-state index contributed by atoms with van der Waals surface area (Å²) in [6.45, 7) is 3.97. The summed E-state index contributed by atoms with van der Waals surface area (Å²) in [6, 6.07) is 16.8. The Balaban J connectivity index is 1.38. The molecule has 0 spiro atoms. The molecule has 1 aliphatic heterocycles. The number of hydrogen-bond acceptors (Lipinski definition) is 6. The molecule has 1 amide bonds. The molecule has 0 bridgehead atoms. The number of aromatic nitrogens is 2. The summed E-state index contributed by atoms with van der Waals surface area (Å²) in [5.74, 6) is 2.72. The molecule has 1 aliphatic rings. The molecular weight excluding hydrogens is 382 g/mol. The Morgan fingerprint density at radius 1 is 1.07 bits per heavy atom. The van der Waals surface area contributed by atoms with Gasteiger partial charge in [-0.25, -0.2) is 0 Å². The van der Waals surface area contributed by atoms with E-state index in [9.17, 15) is 4.79 Å². The fourth-order valence-corrected chi connectivity index (χ4v) is 3.35. The van der Waals surface area contributed by atoms with Crippen LogP contribution in [0.1, 0.15) is 25.7 Å². The van der Waals surface area contributed by atoms with Crippen LogP contribution in [0.25, 0.3) is 11.4 Å². The highest BCUT2D eigenvalue weighted by molar-refractivity contribution is 5.78. The summed E-state index contributed by atoms with van der Waals surface area (Å²) < 4.78 is 16.8. The summed E-state index contributed by atoms with van der Waals surface area (Å²) >= 11 is 0. The van der Waals surface area contributed by atoms with Crippen LogP contribution in [-0.4, -0.2) is 40.6 Å². The smallest absolute Gasteiger partial charge is 0.264 e. The van der Waals surface area contributed by atoms with Crippen molar-refractivity contribution < 1.29 is 18.8 Å². The van der Waals surface area contributed by atoms with Gasteiger partial charge in [-0.2, -0.15) is 4.98 Å². The third-order valence-electron chi connectivity index (χ3n) is 5.19. The molecule has 0 atom stereocenters. The molecule has 2 heterocycles. The van der Waals surface area contributed by atoms with E-state index in [1.54, 1.807) is 6.07 Å². The van der Waals surface area contributed by atoms with Crippen LogP contribution >= 0.6 is 0 Å². The van der Waals surface area contributed by atoms with Gasteiger partial charge in [-0.15, -0.1) is 0 Å². The number of piperidine rings is 1. The SMILES string of the molecule is CC1CCN(C(=O)COc2ccccc2-c2noc(COc3ccccc3)n2)CC1. The van der Waals surface area contributed by atoms with Crippen LogP contribution in [0.3, 0.4) is 0 Å². The van der Waals surface area contributed by atoms with Crippen molar-refractivity contribution in [1.29, 1.82) is 0 Å². The van der Waals surface area contributed by atoms with Crippen LogP contribution in [0.15, 0.2) is 59.1 Å². The van der Waals surface area contributed by atoms with Crippen molar-refractivity contribution in [3.63, 3.8) is 0 Å². The van der Waals surface area contributed by atoms with Gasteiger partial charge in [-0.1, -0.05) is 42.4 Å². The lowest BCUT2D eigenvalue weighted by molar-refractivity contribution is -0.134. The van der Waals surface area contributed by atoms with E-state index in [1.807, 2.05) is 53.4 Å². The van der Waals surface area contributed by atoms with E-state index in [-0.39, 0.29) is 19.1 Å². The minimum Gasteiger partial charge on any atom is -0.484 e. The first-order valence-corrected chi connectivity index (χ1v) is 10.2. The molecule has 0 radical (unpaired) electrons. The Morgan fingerprint density at radius 2 is 1.80 bits per heavy atom. The van der Waals surface area contributed by atoms with Gasteiger partial charge in [0.2, 0.25) is 5.82 Å². The zero-order valence-electron chi connectivity index (χ0n) is 17.0. The predicted molar refractivity (Wildman–Crippen MR) is 111 cm³/mol. The molecule has 3 aromatic rings. The Kier molecular flexibility index (Phi) is 6.27. The topological polar surface area (TPSA) is 77.7 Å². The number of rotatable bonds is 7. The second-order valence-corrected chi connectivity index (χ2v) is 7.46. The van der Waals surface area contributed by atoms with E-state index in [0.717, 1.165) is 31.7 Å². The van der Waals surface area contributed by atoms with Crippen molar-refractivity contribution in [1.82, 2.24) is 15.0 Å². The van der Waals surface area contributed by atoms with E-state index in [2.05, 4.69) is 17.1 Å². The number of ether oxygens (including phenoxy) is 2. The molecule has 30 heavy (non-hydrogen) atoms. The summed E-state index contributed by atoms with van der Waals surface area (Å²) in [4.78, 5) is 18.8. The second-order valence-electron chi connectivity index (χ2n) is 7.46. The van der Waals surface area contributed by atoms with Crippen molar-refractivity contribution in [3.05, 3.63) is 60.5 Å². The van der Waals surface area contributed by atoms with Crippen molar-refractivity contribution >= 4 is 5.91 Å². The Hall–Kier alpha value is -3.35. The molecule has 1 aromatic heterocycles. The van der Waals surface area contributed by atoms with Crippen molar-refractivity contribution in [2.24, 2.45) is 5.92 Å². The average Bonchev–Trinajstić information content (AvgIpc) is 3.26. The molecule has 7 nitrogen and oxygen atoms in total. The number of carbonyl (C=O) groups is 1. The van der Waals surface area contributed by atoms with Gasteiger partial charge in [0.15, 0.2) is 13.2 Å². The molecule has 0 N–H and O–H groups in total. The fraction of sp³-hybridized carbons (Fsp3) is 0.348. The zero-order chi connectivity index (χ0) is 20.8. The quantitative estimate of drug-likeness (QED) is 0.590. The molecule has 1 saturated heterocycles. The Labute approximate surface area is 175 Å². The third-order valence-corrected chi connectivity index (χ3v) is 5.19. The standard InChI is InChI=1S/C23H25N3O4/c1-17-11-13-26(14-12-17)22(27)16-29-20-10-6-5-9-19(20)23-24-21(30-25-23)15-28-18-7-3-2-4-8-18/h2-10,17H,11-16H2,1H3. The first-order chi connectivity index (χ1) is 14.7. The molecule has 156 valence electrons. The number of nitrogens with zero attached hydrogens (tertiary/aromatic N) is 3. The monoisotopic (exact) mass is 407 g/mol. The van der Waals surface area contributed by atoms with Crippen LogP contribution in [0.4, 0.5) is 0 Å². The van der Waals surface area contributed by atoms with Crippen LogP contribution in [0, 0.1) is 5.92 Å². The molecule has 1 fully saturated rings.